The first kappa shape index (κ1) is 18.3. The van der Waals surface area contributed by atoms with Crippen LogP contribution >= 0.6 is 0 Å². The molecule has 1 aliphatic heterocycles. The second kappa shape index (κ2) is 7.52. The molecule has 3 aromatic rings. The maximum Gasteiger partial charge on any atom is 0.257 e. The highest BCUT2D eigenvalue weighted by Crippen LogP contribution is 2.28. The predicted octanol–water partition coefficient (Wildman–Crippen LogP) is 3.00. The number of rotatable bonds is 5. The number of H-pyrrole nitrogens is 1. The average Bonchev–Trinajstić information content (AvgIpc) is 3.24. The van der Waals surface area contributed by atoms with Crippen LogP contribution in [0.5, 0.6) is 5.88 Å². The molecule has 3 atom stereocenters. The summed E-state index contributed by atoms with van der Waals surface area (Å²) in [7, 11) is 1.84. The van der Waals surface area contributed by atoms with Gasteiger partial charge in [0.05, 0.1) is 24.6 Å². The number of hydrogen-bond acceptors (Lipinski definition) is 6. The normalized spacial score (nSPS) is 19.6. The van der Waals surface area contributed by atoms with Crippen molar-refractivity contribution >= 4 is 22.7 Å². The molecule has 0 spiro atoms. The maximum absolute atomic E-state index is 5.94. The second-order valence-corrected chi connectivity index (χ2v) is 7.10. The molecule has 1 fully saturated rings. The van der Waals surface area contributed by atoms with E-state index in [-0.39, 0.29) is 12.2 Å². The van der Waals surface area contributed by atoms with Crippen molar-refractivity contribution in [2.24, 2.45) is 13.0 Å². The van der Waals surface area contributed by atoms with Gasteiger partial charge in [-0.2, -0.15) is 4.98 Å². The molecule has 28 heavy (non-hydrogen) atoms. The summed E-state index contributed by atoms with van der Waals surface area (Å²) in [5, 5.41) is 8.49. The number of nitrogens with one attached hydrogen (secondary N) is 2. The van der Waals surface area contributed by atoms with Gasteiger partial charge in [-0.1, -0.05) is 19.8 Å². The molecule has 4 rings (SSSR count). The minimum atomic E-state index is 0.00824. The van der Waals surface area contributed by atoms with E-state index < -0.39 is 0 Å². The minimum absolute atomic E-state index is 0.00824. The van der Waals surface area contributed by atoms with E-state index in [1.165, 1.54) is 0 Å². The summed E-state index contributed by atoms with van der Waals surface area (Å²) >= 11 is 0. The van der Waals surface area contributed by atoms with Crippen LogP contribution in [0.15, 0.2) is 18.5 Å². The third-order valence-electron chi connectivity index (χ3n) is 4.79. The van der Waals surface area contributed by atoms with Gasteiger partial charge >= 0.3 is 0 Å². The molecule has 146 valence electrons. The van der Waals surface area contributed by atoms with Crippen molar-refractivity contribution in [3.8, 4) is 17.7 Å². The lowest BCUT2D eigenvalue weighted by Gasteiger charge is -2.33. The van der Waals surface area contributed by atoms with Crippen LogP contribution in [0.3, 0.4) is 0 Å². The smallest absolute Gasteiger partial charge is 0.257 e. The van der Waals surface area contributed by atoms with Crippen LogP contribution in [0.1, 0.15) is 32.9 Å². The fourth-order valence-electron chi connectivity index (χ4n) is 2.75. The lowest BCUT2D eigenvalue weighted by molar-refractivity contribution is -0.140. The van der Waals surface area contributed by atoms with Crippen molar-refractivity contribution in [1.29, 1.82) is 0 Å². The van der Waals surface area contributed by atoms with Crippen LogP contribution in [-0.2, 0) is 11.8 Å². The Bertz CT molecular complexity index is 1040. The fourth-order valence-corrected chi connectivity index (χ4v) is 2.75. The molecule has 0 saturated carbocycles. The maximum atomic E-state index is 5.94. The van der Waals surface area contributed by atoms with Crippen LogP contribution in [0, 0.1) is 17.8 Å². The standard InChI is InChI=1S/C20H24N6O2/c1-5-12(2)6-7-15-8-14-9-21-20(24-18(14)22-15)23-16-10-26(4)25-19(16)28-17-11-27-13(17)3/h8-10,12-13,17H,5,11H2,1-4H3,(H2,21,22,23,24)/t12?,13-,17?/m1/s1. The molecule has 3 aromatic heterocycles. The van der Waals surface area contributed by atoms with Gasteiger partial charge < -0.3 is 19.8 Å². The topological polar surface area (TPSA) is 89.9 Å². The molecular formula is C20H24N6O2. The molecule has 8 heteroatoms. The minimum Gasteiger partial charge on any atom is -0.467 e. The van der Waals surface area contributed by atoms with E-state index in [1.807, 2.05) is 26.2 Å². The molecule has 0 radical (unpaired) electrons. The van der Waals surface area contributed by atoms with Crippen LogP contribution in [0.4, 0.5) is 11.6 Å². The molecule has 0 aromatic carbocycles. The van der Waals surface area contributed by atoms with Gasteiger partial charge in [0.1, 0.15) is 17.4 Å². The molecule has 8 nitrogen and oxygen atoms in total. The molecule has 4 heterocycles. The van der Waals surface area contributed by atoms with E-state index in [4.69, 9.17) is 9.47 Å². The molecule has 1 saturated heterocycles. The van der Waals surface area contributed by atoms with Gasteiger partial charge in [-0.3, -0.25) is 4.68 Å². The summed E-state index contributed by atoms with van der Waals surface area (Å²) in [4.78, 5) is 12.2. The Morgan fingerprint density at radius 1 is 1.50 bits per heavy atom. The number of hydrogen-bond donors (Lipinski definition) is 2. The van der Waals surface area contributed by atoms with E-state index in [9.17, 15) is 0 Å². The number of aryl methyl sites for hydroxylation is 1. The zero-order chi connectivity index (χ0) is 19.7. The van der Waals surface area contributed by atoms with Gasteiger partial charge in [-0.25, -0.2) is 4.98 Å². The monoisotopic (exact) mass is 380 g/mol. The Balaban J connectivity index is 1.54. The van der Waals surface area contributed by atoms with E-state index in [0.717, 1.165) is 23.1 Å². The number of anilines is 2. The van der Waals surface area contributed by atoms with E-state index in [0.29, 0.717) is 30.0 Å². The predicted molar refractivity (Wildman–Crippen MR) is 107 cm³/mol. The quantitative estimate of drug-likeness (QED) is 0.662. The van der Waals surface area contributed by atoms with E-state index in [2.05, 4.69) is 51.1 Å². The largest absolute Gasteiger partial charge is 0.467 e. The third-order valence-corrected chi connectivity index (χ3v) is 4.79. The summed E-state index contributed by atoms with van der Waals surface area (Å²) in [6.45, 7) is 6.79. The number of ether oxygens (including phenoxy) is 2. The Labute approximate surface area is 163 Å². The zero-order valence-corrected chi connectivity index (χ0v) is 16.5. The summed E-state index contributed by atoms with van der Waals surface area (Å²) in [5.41, 5.74) is 2.29. The second-order valence-electron chi connectivity index (χ2n) is 7.10. The van der Waals surface area contributed by atoms with E-state index >= 15 is 0 Å². The Hall–Kier alpha value is -3.05. The lowest BCUT2D eigenvalue weighted by Crippen LogP contribution is -2.46. The highest BCUT2D eigenvalue weighted by Gasteiger charge is 2.31. The molecule has 1 aliphatic rings. The van der Waals surface area contributed by atoms with Gasteiger partial charge in [0.25, 0.3) is 5.88 Å². The third kappa shape index (κ3) is 3.80. The first-order valence-corrected chi connectivity index (χ1v) is 9.48. The summed E-state index contributed by atoms with van der Waals surface area (Å²) in [6.07, 6.45) is 4.71. The molecule has 0 aliphatic carbocycles. The van der Waals surface area contributed by atoms with Crippen LogP contribution < -0.4 is 10.1 Å². The summed E-state index contributed by atoms with van der Waals surface area (Å²) < 4.78 is 13.0. The summed E-state index contributed by atoms with van der Waals surface area (Å²) in [6, 6.07) is 1.96. The number of fused-ring (bicyclic) bond motifs is 1. The summed E-state index contributed by atoms with van der Waals surface area (Å²) in [5.74, 6) is 7.73. The highest BCUT2D eigenvalue weighted by atomic mass is 16.6. The first-order valence-electron chi connectivity index (χ1n) is 9.48. The fraction of sp³-hybridized carbons (Fsp3) is 0.450. The van der Waals surface area contributed by atoms with Gasteiger partial charge in [0.15, 0.2) is 0 Å². The number of nitrogens with zero attached hydrogens (tertiary/aromatic N) is 4. The molecule has 0 bridgehead atoms. The average molecular weight is 380 g/mol. The number of aromatic amines is 1. The number of aromatic nitrogens is 5. The van der Waals surface area contributed by atoms with Gasteiger partial charge in [-0.15, -0.1) is 5.10 Å². The molecule has 2 unspecified atom stereocenters. The van der Waals surface area contributed by atoms with Gasteiger partial charge in [-0.05, 0) is 25.3 Å². The Morgan fingerprint density at radius 2 is 2.36 bits per heavy atom. The molecule has 2 N–H and O–H groups in total. The molecule has 0 amide bonds. The SMILES string of the molecule is CCC(C)C#Cc1cc2cnc(Nc3cn(C)nc3OC3CO[C@@H]3C)nc2[nH]1. The lowest BCUT2D eigenvalue weighted by atomic mass is 10.1. The van der Waals surface area contributed by atoms with Crippen molar-refractivity contribution < 1.29 is 9.47 Å². The van der Waals surface area contributed by atoms with E-state index in [1.54, 1.807) is 10.9 Å². The van der Waals surface area contributed by atoms with Crippen LogP contribution in [-0.4, -0.2) is 43.5 Å². The van der Waals surface area contributed by atoms with Crippen LogP contribution in [0.25, 0.3) is 11.0 Å². The Kier molecular flexibility index (Phi) is 4.92. The van der Waals surface area contributed by atoms with Crippen molar-refractivity contribution in [2.75, 3.05) is 11.9 Å². The highest BCUT2D eigenvalue weighted by molar-refractivity contribution is 5.78. The van der Waals surface area contributed by atoms with Crippen molar-refractivity contribution in [1.82, 2.24) is 24.7 Å². The van der Waals surface area contributed by atoms with Gasteiger partial charge in [0, 0.05) is 24.5 Å². The van der Waals surface area contributed by atoms with Crippen molar-refractivity contribution in [3.63, 3.8) is 0 Å². The van der Waals surface area contributed by atoms with Crippen molar-refractivity contribution in [3.05, 3.63) is 24.2 Å². The zero-order valence-electron chi connectivity index (χ0n) is 16.5. The van der Waals surface area contributed by atoms with Gasteiger partial charge in [0.2, 0.25) is 5.95 Å². The van der Waals surface area contributed by atoms with Crippen LogP contribution in [0.2, 0.25) is 0 Å². The first-order chi connectivity index (χ1) is 13.5. The Morgan fingerprint density at radius 3 is 3.07 bits per heavy atom. The molecular weight excluding hydrogens is 356 g/mol. The van der Waals surface area contributed by atoms with Crippen molar-refractivity contribution in [2.45, 2.75) is 39.4 Å².